The predicted molar refractivity (Wildman–Crippen MR) is 83.2 cm³/mol. The molecule has 4 heteroatoms. The molecule has 0 atom stereocenters. The number of methoxy groups -OCH3 is 1. The normalized spacial score (nSPS) is 10.2. The lowest BCUT2D eigenvalue weighted by Gasteiger charge is -2.21. The van der Waals surface area contributed by atoms with Crippen LogP contribution < -0.4 is 9.64 Å². The molecule has 0 heterocycles. The average Bonchev–Trinajstić information content (AvgIpc) is 2.47. The average molecular weight is 285 g/mol. The molecular weight excluding hydrogens is 266 g/mol. The highest BCUT2D eigenvalue weighted by Gasteiger charge is 2.10. The minimum Gasteiger partial charge on any atom is -0.496 e. The van der Waals surface area contributed by atoms with Crippen LogP contribution in [-0.4, -0.2) is 25.2 Å². The molecule has 0 spiro atoms. The largest absolute Gasteiger partial charge is 0.496 e. The van der Waals surface area contributed by atoms with Crippen LogP contribution in [0.2, 0.25) is 0 Å². The number of hydrogen-bond acceptors (Lipinski definition) is 3. The third-order valence-corrected chi connectivity index (χ3v) is 3.48. The maximum Gasteiger partial charge on any atom is 0.335 e. The van der Waals surface area contributed by atoms with Gasteiger partial charge >= 0.3 is 5.97 Å². The van der Waals surface area contributed by atoms with Gasteiger partial charge in [0, 0.05) is 24.8 Å². The fraction of sp³-hybridized carbons (Fsp3) is 0.235. The minimum absolute atomic E-state index is 0.337. The van der Waals surface area contributed by atoms with Gasteiger partial charge in [-0.3, -0.25) is 0 Å². The Balaban J connectivity index is 2.22. The Bertz CT molecular complexity index is 652. The summed E-state index contributed by atoms with van der Waals surface area (Å²) in [6.45, 7) is 2.50. The third-order valence-electron chi connectivity index (χ3n) is 3.48. The summed E-state index contributed by atoms with van der Waals surface area (Å²) in [6.07, 6.45) is 0. The number of benzene rings is 2. The van der Waals surface area contributed by atoms with Crippen molar-refractivity contribution in [3.05, 3.63) is 59.2 Å². The highest BCUT2D eigenvalue weighted by atomic mass is 16.5. The van der Waals surface area contributed by atoms with Gasteiger partial charge in [-0.1, -0.05) is 18.2 Å². The summed E-state index contributed by atoms with van der Waals surface area (Å²) in [5.74, 6) is -0.0466. The Morgan fingerprint density at radius 1 is 1.24 bits per heavy atom. The van der Waals surface area contributed by atoms with E-state index in [2.05, 4.69) is 4.90 Å². The van der Waals surface area contributed by atoms with Gasteiger partial charge in [0.1, 0.15) is 5.75 Å². The second-order valence-corrected chi connectivity index (χ2v) is 4.97. The zero-order chi connectivity index (χ0) is 15.4. The minimum atomic E-state index is -0.897. The number of rotatable bonds is 5. The van der Waals surface area contributed by atoms with Gasteiger partial charge in [0.25, 0.3) is 0 Å². The standard InChI is InChI=1S/C17H19NO3/c1-12-10-14(8-9-15(12)17(19)20)18(2)11-13-6-4-5-7-16(13)21-3/h4-10H,11H2,1-3H3,(H,19,20). The maximum atomic E-state index is 11.0. The first-order chi connectivity index (χ1) is 10.0. The van der Waals surface area contributed by atoms with Gasteiger partial charge < -0.3 is 14.7 Å². The van der Waals surface area contributed by atoms with Gasteiger partial charge in [-0.25, -0.2) is 4.79 Å². The summed E-state index contributed by atoms with van der Waals surface area (Å²) >= 11 is 0. The van der Waals surface area contributed by atoms with E-state index in [1.165, 1.54) is 0 Å². The summed E-state index contributed by atoms with van der Waals surface area (Å²) in [6, 6.07) is 13.2. The van der Waals surface area contributed by atoms with Gasteiger partial charge in [-0.2, -0.15) is 0 Å². The van der Waals surface area contributed by atoms with Crippen LogP contribution in [0.4, 0.5) is 5.69 Å². The highest BCUT2D eigenvalue weighted by Crippen LogP contribution is 2.23. The zero-order valence-corrected chi connectivity index (χ0v) is 12.5. The molecule has 2 rings (SSSR count). The SMILES string of the molecule is COc1ccccc1CN(C)c1ccc(C(=O)O)c(C)c1. The molecule has 0 saturated heterocycles. The van der Waals surface area contributed by atoms with Crippen molar-refractivity contribution in [1.82, 2.24) is 0 Å². The molecule has 0 fully saturated rings. The molecule has 0 amide bonds. The lowest BCUT2D eigenvalue weighted by Crippen LogP contribution is -2.17. The van der Waals surface area contributed by atoms with E-state index in [1.807, 2.05) is 50.4 Å². The zero-order valence-electron chi connectivity index (χ0n) is 12.5. The number of hydrogen-bond donors (Lipinski definition) is 1. The molecule has 21 heavy (non-hydrogen) atoms. The van der Waals surface area contributed by atoms with Gasteiger partial charge in [0.05, 0.1) is 12.7 Å². The number of para-hydroxylation sites is 1. The summed E-state index contributed by atoms with van der Waals surface area (Å²) in [5.41, 5.74) is 3.15. The molecule has 0 radical (unpaired) electrons. The quantitative estimate of drug-likeness (QED) is 0.915. The van der Waals surface area contributed by atoms with Crippen molar-refractivity contribution < 1.29 is 14.6 Å². The van der Waals surface area contributed by atoms with Crippen molar-refractivity contribution in [2.75, 3.05) is 19.1 Å². The van der Waals surface area contributed by atoms with Gasteiger partial charge in [-0.05, 0) is 36.8 Å². The van der Waals surface area contributed by atoms with E-state index in [9.17, 15) is 4.79 Å². The molecule has 0 unspecified atom stereocenters. The molecular formula is C17H19NO3. The van der Waals surface area contributed by atoms with Crippen molar-refractivity contribution in [2.24, 2.45) is 0 Å². The van der Waals surface area contributed by atoms with E-state index < -0.39 is 5.97 Å². The number of carboxylic acid groups (broad SMARTS) is 1. The first-order valence-electron chi connectivity index (χ1n) is 6.70. The molecule has 0 aliphatic heterocycles. The van der Waals surface area contributed by atoms with Crippen molar-refractivity contribution in [3.8, 4) is 5.75 Å². The van der Waals surface area contributed by atoms with E-state index in [0.29, 0.717) is 12.1 Å². The maximum absolute atomic E-state index is 11.0. The molecule has 1 N–H and O–H groups in total. The van der Waals surface area contributed by atoms with Gasteiger partial charge in [0.15, 0.2) is 0 Å². The van der Waals surface area contributed by atoms with Crippen LogP contribution in [0.1, 0.15) is 21.5 Å². The number of carbonyl (C=O) groups is 1. The summed E-state index contributed by atoms with van der Waals surface area (Å²) < 4.78 is 5.35. The van der Waals surface area contributed by atoms with Gasteiger partial charge in [-0.15, -0.1) is 0 Å². The molecule has 0 bridgehead atoms. The lowest BCUT2D eigenvalue weighted by molar-refractivity contribution is 0.0696. The fourth-order valence-electron chi connectivity index (χ4n) is 2.31. The number of aryl methyl sites for hydroxylation is 1. The van der Waals surface area contributed by atoms with E-state index in [1.54, 1.807) is 13.2 Å². The van der Waals surface area contributed by atoms with E-state index in [4.69, 9.17) is 9.84 Å². The van der Waals surface area contributed by atoms with E-state index >= 15 is 0 Å². The molecule has 0 saturated carbocycles. The summed E-state index contributed by atoms with van der Waals surface area (Å²) in [4.78, 5) is 13.1. The fourth-order valence-corrected chi connectivity index (χ4v) is 2.31. The summed E-state index contributed by atoms with van der Waals surface area (Å²) in [7, 11) is 3.63. The summed E-state index contributed by atoms with van der Waals surface area (Å²) in [5, 5.41) is 9.07. The van der Waals surface area contributed by atoms with Crippen molar-refractivity contribution >= 4 is 11.7 Å². The van der Waals surface area contributed by atoms with Crippen LogP contribution in [0.5, 0.6) is 5.75 Å². The van der Waals surface area contributed by atoms with Crippen molar-refractivity contribution in [3.63, 3.8) is 0 Å². The van der Waals surface area contributed by atoms with Crippen LogP contribution in [0.3, 0.4) is 0 Å². The smallest absolute Gasteiger partial charge is 0.335 e. The van der Waals surface area contributed by atoms with Crippen LogP contribution in [0, 0.1) is 6.92 Å². The molecule has 4 nitrogen and oxygen atoms in total. The monoisotopic (exact) mass is 285 g/mol. The number of anilines is 1. The van der Waals surface area contributed by atoms with Crippen LogP contribution in [0.25, 0.3) is 0 Å². The number of aromatic carboxylic acids is 1. The molecule has 0 aliphatic rings. The highest BCUT2D eigenvalue weighted by molar-refractivity contribution is 5.89. The predicted octanol–water partition coefficient (Wildman–Crippen LogP) is 3.34. The second kappa shape index (κ2) is 6.31. The van der Waals surface area contributed by atoms with Gasteiger partial charge in [0.2, 0.25) is 0 Å². The Hall–Kier alpha value is -2.49. The number of nitrogens with zero attached hydrogens (tertiary/aromatic N) is 1. The topological polar surface area (TPSA) is 49.8 Å². The van der Waals surface area contributed by atoms with Crippen LogP contribution in [0.15, 0.2) is 42.5 Å². The van der Waals surface area contributed by atoms with E-state index in [-0.39, 0.29) is 0 Å². The first kappa shape index (κ1) is 14.9. The Kier molecular flexibility index (Phi) is 4.48. The molecule has 2 aromatic rings. The first-order valence-corrected chi connectivity index (χ1v) is 6.70. The van der Waals surface area contributed by atoms with Crippen LogP contribution in [-0.2, 0) is 6.54 Å². The molecule has 110 valence electrons. The molecule has 0 aliphatic carbocycles. The number of carboxylic acids is 1. The number of ether oxygens (including phenoxy) is 1. The van der Waals surface area contributed by atoms with Crippen molar-refractivity contribution in [2.45, 2.75) is 13.5 Å². The Morgan fingerprint density at radius 3 is 2.57 bits per heavy atom. The molecule has 2 aromatic carbocycles. The Morgan fingerprint density at radius 2 is 1.95 bits per heavy atom. The van der Waals surface area contributed by atoms with E-state index in [0.717, 1.165) is 22.6 Å². The third kappa shape index (κ3) is 3.34. The lowest BCUT2D eigenvalue weighted by atomic mass is 10.1. The second-order valence-electron chi connectivity index (χ2n) is 4.97. The molecule has 0 aromatic heterocycles. The Labute approximate surface area is 124 Å². The van der Waals surface area contributed by atoms with Crippen LogP contribution >= 0.6 is 0 Å². The van der Waals surface area contributed by atoms with Crippen molar-refractivity contribution in [1.29, 1.82) is 0 Å².